The van der Waals surface area contributed by atoms with Gasteiger partial charge in [-0.3, -0.25) is 9.36 Å². The Hall–Kier alpha value is -1.79. The molecule has 0 saturated carbocycles. The second kappa shape index (κ2) is 8.35. The number of carbonyl (C=O) groups excluding carboxylic acids is 1. The lowest BCUT2D eigenvalue weighted by molar-refractivity contribution is 0.0948. The van der Waals surface area contributed by atoms with Crippen molar-refractivity contribution in [2.45, 2.75) is 31.8 Å². The molecule has 2 N–H and O–H groups in total. The zero-order valence-corrected chi connectivity index (χ0v) is 15.3. The van der Waals surface area contributed by atoms with Crippen LogP contribution in [0.2, 0.25) is 0 Å². The zero-order valence-electron chi connectivity index (χ0n) is 14.5. The van der Waals surface area contributed by atoms with Crippen LogP contribution in [-0.2, 0) is 0 Å². The maximum absolute atomic E-state index is 12.2. The standard InChI is InChI=1S/C18H25N3O2S/c1-18(2,13-22)9-4-10-19-16(23)14-5-7-15(8-6-14)21-12-11-20-17(21)24-3/h5-8,11-12,22H,4,9-10,13H2,1-3H3,(H,19,23). The van der Waals surface area contributed by atoms with E-state index in [1.54, 1.807) is 18.0 Å². The third kappa shape index (κ3) is 4.85. The highest BCUT2D eigenvalue weighted by Crippen LogP contribution is 2.21. The first-order valence-electron chi connectivity index (χ1n) is 8.04. The fourth-order valence-electron chi connectivity index (χ4n) is 2.36. The maximum Gasteiger partial charge on any atom is 0.251 e. The van der Waals surface area contributed by atoms with Gasteiger partial charge in [-0.2, -0.15) is 0 Å². The van der Waals surface area contributed by atoms with Crippen LogP contribution in [0.3, 0.4) is 0 Å². The van der Waals surface area contributed by atoms with Crippen LogP contribution < -0.4 is 5.32 Å². The van der Waals surface area contributed by atoms with E-state index in [0.717, 1.165) is 23.7 Å². The number of benzene rings is 1. The monoisotopic (exact) mass is 347 g/mol. The summed E-state index contributed by atoms with van der Waals surface area (Å²) < 4.78 is 1.99. The first kappa shape index (κ1) is 18.5. The van der Waals surface area contributed by atoms with Crippen molar-refractivity contribution in [1.82, 2.24) is 14.9 Å². The molecular weight excluding hydrogens is 322 g/mol. The number of nitrogens with zero attached hydrogens (tertiary/aromatic N) is 2. The molecule has 6 heteroatoms. The average Bonchev–Trinajstić information content (AvgIpc) is 3.07. The van der Waals surface area contributed by atoms with Gasteiger partial charge in [-0.1, -0.05) is 25.6 Å². The van der Waals surface area contributed by atoms with E-state index < -0.39 is 0 Å². The number of imidazole rings is 1. The number of rotatable bonds is 8. The molecule has 2 rings (SSSR count). The maximum atomic E-state index is 12.2. The van der Waals surface area contributed by atoms with Crippen LogP contribution in [0.5, 0.6) is 0 Å². The highest BCUT2D eigenvalue weighted by Gasteiger charge is 2.15. The van der Waals surface area contributed by atoms with Crippen molar-refractivity contribution >= 4 is 17.7 Å². The van der Waals surface area contributed by atoms with E-state index in [-0.39, 0.29) is 17.9 Å². The van der Waals surface area contributed by atoms with Gasteiger partial charge in [0.25, 0.3) is 5.91 Å². The lowest BCUT2D eigenvalue weighted by atomic mass is 9.89. The van der Waals surface area contributed by atoms with Crippen molar-refractivity contribution < 1.29 is 9.90 Å². The van der Waals surface area contributed by atoms with Crippen LogP contribution >= 0.6 is 11.8 Å². The van der Waals surface area contributed by atoms with Crippen LogP contribution in [0, 0.1) is 5.41 Å². The predicted octanol–water partition coefficient (Wildman–Crippen LogP) is 3.12. The number of amides is 1. The molecule has 0 saturated heterocycles. The molecule has 0 unspecified atom stereocenters. The summed E-state index contributed by atoms with van der Waals surface area (Å²) in [5.41, 5.74) is 1.54. The molecule has 0 aliphatic rings. The Bertz CT molecular complexity index is 665. The summed E-state index contributed by atoms with van der Waals surface area (Å²) >= 11 is 1.58. The van der Waals surface area contributed by atoms with Gasteiger partial charge >= 0.3 is 0 Å². The minimum atomic E-state index is -0.0911. The van der Waals surface area contributed by atoms with Gasteiger partial charge in [0.05, 0.1) is 0 Å². The molecule has 5 nitrogen and oxygen atoms in total. The number of thioether (sulfide) groups is 1. The van der Waals surface area contributed by atoms with Gasteiger partial charge in [0, 0.05) is 36.8 Å². The number of hydrogen-bond acceptors (Lipinski definition) is 4. The molecule has 0 fully saturated rings. The lowest BCUT2D eigenvalue weighted by Gasteiger charge is -2.21. The number of aromatic nitrogens is 2. The molecule has 2 aromatic rings. The van der Waals surface area contributed by atoms with Crippen LogP contribution in [-0.4, -0.2) is 40.0 Å². The largest absolute Gasteiger partial charge is 0.396 e. The Balaban J connectivity index is 1.90. The number of aliphatic hydroxyl groups excluding tert-OH is 1. The van der Waals surface area contributed by atoms with E-state index in [1.165, 1.54) is 0 Å². The molecule has 0 bridgehead atoms. The predicted molar refractivity (Wildman–Crippen MR) is 97.8 cm³/mol. The molecule has 1 heterocycles. The summed E-state index contributed by atoms with van der Waals surface area (Å²) in [5.74, 6) is -0.0703. The quantitative estimate of drug-likeness (QED) is 0.569. The Morgan fingerprint density at radius 3 is 2.67 bits per heavy atom. The molecule has 24 heavy (non-hydrogen) atoms. The first-order chi connectivity index (χ1) is 11.5. The number of nitrogens with one attached hydrogen (secondary N) is 1. The van der Waals surface area contributed by atoms with Crippen molar-refractivity contribution in [2.75, 3.05) is 19.4 Å². The molecule has 1 aromatic carbocycles. The molecule has 0 atom stereocenters. The minimum absolute atomic E-state index is 0.0703. The van der Waals surface area contributed by atoms with Gasteiger partial charge in [-0.15, -0.1) is 0 Å². The van der Waals surface area contributed by atoms with E-state index in [1.807, 2.05) is 55.1 Å². The van der Waals surface area contributed by atoms with E-state index in [4.69, 9.17) is 0 Å². The molecule has 0 aliphatic carbocycles. The fourth-order valence-corrected chi connectivity index (χ4v) is 2.89. The summed E-state index contributed by atoms with van der Waals surface area (Å²) in [5, 5.41) is 13.1. The smallest absolute Gasteiger partial charge is 0.251 e. The Morgan fingerprint density at radius 1 is 1.33 bits per heavy atom. The molecule has 0 radical (unpaired) electrons. The van der Waals surface area contributed by atoms with Crippen LogP contribution in [0.4, 0.5) is 0 Å². The van der Waals surface area contributed by atoms with Crippen molar-refractivity contribution in [3.05, 3.63) is 42.2 Å². The molecule has 0 aliphatic heterocycles. The van der Waals surface area contributed by atoms with Gasteiger partial charge < -0.3 is 10.4 Å². The summed E-state index contributed by atoms with van der Waals surface area (Å²) in [6.45, 7) is 4.82. The summed E-state index contributed by atoms with van der Waals surface area (Å²) in [7, 11) is 0. The summed E-state index contributed by atoms with van der Waals surface area (Å²) in [6.07, 6.45) is 7.38. The number of hydrogen-bond donors (Lipinski definition) is 2. The van der Waals surface area contributed by atoms with Gasteiger partial charge in [-0.25, -0.2) is 4.98 Å². The zero-order chi connectivity index (χ0) is 17.6. The van der Waals surface area contributed by atoms with Crippen LogP contribution in [0.25, 0.3) is 5.69 Å². The third-order valence-electron chi connectivity index (χ3n) is 3.94. The second-order valence-electron chi connectivity index (χ2n) is 6.51. The van der Waals surface area contributed by atoms with Crippen LogP contribution in [0.15, 0.2) is 41.8 Å². The van der Waals surface area contributed by atoms with Crippen molar-refractivity contribution in [1.29, 1.82) is 0 Å². The lowest BCUT2D eigenvalue weighted by Crippen LogP contribution is -2.26. The first-order valence-corrected chi connectivity index (χ1v) is 9.26. The van der Waals surface area contributed by atoms with E-state index >= 15 is 0 Å². The number of carbonyl (C=O) groups is 1. The Morgan fingerprint density at radius 2 is 2.04 bits per heavy atom. The van der Waals surface area contributed by atoms with Crippen molar-refractivity contribution in [3.8, 4) is 5.69 Å². The molecular formula is C18H25N3O2S. The normalized spacial score (nSPS) is 11.5. The summed E-state index contributed by atoms with van der Waals surface area (Å²) in [6, 6.07) is 7.50. The summed E-state index contributed by atoms with van der Waals surface area (Å²) in [4.78, 5) is 16.4. The van der Waals surface area contributed by atoms with E-state index in [9.17, 15) is 9.90 Å². The highest BCUT2D eigenvalue weighted by molar-refractivity contribution is 7.98. The third-order valence-corrected chi connectivity index (χ3v) is 4.61. The Kier molecular flexibility index (Phi) is 6.45. The topological polar surface area (TPSA) is 67.2 Å². The van der Waals surface area contributed by atoms with Gasteiger partial charge in [0.2, 0.25) is 0 Å². The minimum Gasteiger partial charge on any atom is -0.396 e. The second-order valence-corrected chi connectivity index (χ2v) is 7.29. The van der Waals surface area contributed by atoms with Gasteiger partial charge in [0.1, 0.15) is 0 Å². The highest BCUT2D eigenvalue weighted by atomic mass is 32.2. The Labute approximate surface area is 147 Å². The molecule has 130 valence electrons. The van der Waals surface area contributed by atoms with Gasteiger partial charge in [0.15, 0.2) is 5.16 Å². The molecule has 1 aromatic heterocycles. The van der Waals surface area contributed by atoms with Crippen molar-refractivity contribution in [3.63, 3.8) is 0 Å². The van der Waals surface area contributed by atoms with Crippen molar-refractivity contribution in [2.24, 2.45) is 5.41 Å². The average molecular weight is 347 g/mol. The number of aliphatic hydroxyl groups is 1. The van der Waals surface area contributed by atoms with Crippen LogP contribution in [0.1, 0.15) is 37.0 Å². The van der Waals surface area contributed by atoms with Gasteiger partial charge in [-0.05, 0) is 48.8 Å². The molecule has 1 amide bonds. The van der Waals surface area contributed by atoms with E-state index in [0.29, 0.717) is 12.1 Å². The van der Waals surface area contributed by atoms with E-state index in [2.05, 4.69) is 10.3 Å². The molecule has 0 spiro atoms. The fraction of sp³-hybridized carbons (Fsp3) is 0.444. The SMILES string of the molecule is CSc1nccn1-c1ccc(C(=O)NCCCC(C)(C)CO)cc1.